The van der Waals surface area contributed by atoms with Gasteiger partial charge in [-0.2, -0.15) is 0 Å². The summed E-state index contributed by atoms with van der Waals surface area (Å²) < 4.78 is 10.5. The van der Waals surface area contributed by atoms with Gasteiger partial charge in [0.25, 0.3) is 11.8 Å². The first-order chi connectivity index (χ1) is 13.6. The minimum atomic E-state index is -0.988. The van der Waals surface area contributed by atoms with Crippen LogP contribution < -0.4 is 4.74 Å². The van der Waals surface area contributed by atoms with Gasteiger partial charge in [-0.3, -0.25) is 9.59 Å². The van der Waals surface area contributed by atoms with Crippen LogP contribution >= 0.6 is 0 Å². The Kier molecular flexibility index (Phi) is 3.51. The lowest BCUT2D eigenvalue weighted by molar-refractivity contribution is -0.0607. The van der Waals surface area contributed by atoms with Crippen LogP contribution in [-0.4, -0.2) is 34.6 Å². The predicted molar refractivity (Wildman–Crippen MR) is 93.5 cm³/mol. The lowest BCUT2D eigenvalue weighted by Crippen LogP contribution is -2.32. The fourth-order valence-corrected chi connectivity index (χ4v) is 3.23. The first-order valence-corrected chi connectivity index (χ1v) is 8.55. The number of hydrogen-bond donors (Lipinski definition) is 0. The second-order valence-electron chi connectivity index (χ2n) is 6.33. The highest BCUT2D eigenvalue weighted by Gasteiger charge is 2.39. The molecule has 1 aromatic heterocycles. The lowest BCUT2D eigenvalue weighted by Gasteiger charge is -2.10. The summed E-state index contributed by atoms with van der Waals surface area (Å²) >= 11 is 0. The number of nitrogens with zero attached hydrogens (tertiary/aromatic N) is 2. The number of hydrogen-bond acceptors (Lipinski definition) is 7. The summed E-state index contributed by atoms with van der Waals surface area (Å²) in [7, 11) is 0. The monoisotopic (exact) mass is 376 g/mol. The average molecular weight is 376 g/mol. The number of amides is 2. The van der Waals surface area contributed by atoms with Crippen LogP contribution in [0.1, 0.15) is 36.8 Å². The maximum atomic E-state index is 12.4. The van der Waals surface area contributed by atoms with E-state index in [9.17, 15) is 14.4 Å². The van der Waals surface area contributed by atoms with Crippen molar-refractivity contribution in [3.05, 3.63) is 71.0 Å². The third-order valence-electron chi connectivity index (χ3n) is 4.63. The van der Waals surface area contributed by atoms with E-state index in [-0.39, 0.29) is 16.9 Å². The standard InChI is InChI=1S/C20H12N2O6/c23-18-13-3-1-2-4-14(13)19(24)22(18)28-20(25)17-10-15(21-27-17)11-5-6-16-12(9-11)7-8-26-16/h1-6,9-10H,7-8H2. The Hall–Kier alpha value is -3.94. The zero-order valence-corrected chi connectivity index (χ0v) is 14.4. The Morgan fingerprint density at radius 3 is 2.54 bits per heavy atom. The molecule has 2 aliphatic heterocycles. The van der Waals surface area contributed by atoms with E-state index in [0.717, 1.165) is 23.3 Å². The van der Waals surface area contributed by atoms with Crippen LogP contribution in [0.25, 0.3) is 11.3 Å². The zero-order chi connectivity index (χ0) is 19.3. The number of aromatic nitrogens is 1. The van der Waals surface area contributed by atoms with Gasteiger partial charge in [0.2, 0.25) is 5.76 Å². The van der Waals surface area contributed by atoms with Crippen molar-refractivity contribution in [1.29, 1.82) is 0 Å². The topological polar surface area (TPSA) is 98.9 Å². The van der Waals surface area contributed by atoms with Gasteiger partial charge in [-0.25, -0.2) is 4.79 Å². The molecule has 0 saturated heterocycles. The Morgan fingerprint density at radius 1 is 1.04 bits per heavy atom. The quantitative estimate of drug-likeness (QED) is 0.648. The maximum Gasteiger partial charge on any atom is 0.401 e. The van der Waals surface area contributed by atoms with Crippen molar-refractivity contribution in [3.63, 3.8) is 0 Å². The normalized spacial score (nSPS) is 14.6. The second-order valence-corrected chi connectivity index (χ2v) is 6.33. The molecule has 2 aromatic carbocycles. The summed E-state index contributed by atoms with van der Waals surface area (Å²) in [4.78, 5) is 41.9. The van der Waals surface area contributed by atoms with Crippen LogP contribution in [0.2, 0.25) is 0 Å². The number of imide groups is 1. The van der Waals surface area contributed by atoms with E-state index in [1.54, 1.807) is 18.2 Å². The number of carbonyl (C=O) groups excluding carboxylic acids is 3. The summed E-state index contributed by atoms with van der Waals surface area (Å²) in [6.45, 7) is 0.634. The number of hydroxylamine groups is 2. The van der Waals surface area contributed by atoms with E-state index in [2.05, 4.69) is 5.16 Å². The van der Waals surface area contributed by atoms with Crippen LogP contribution in [-0.2, 0) is 11.3 Å². The van der Waals surface area contributed by atoms with Crippen molar-refractivity contribution < 1.29 is 28.5 Å². The predicted octanol–water partition coefficient (Wildman–Crippen LogP) is 2.64. The third kappa shape index (κ3) is 2.46. The molecule has 0 fully saturated rings. The summed E-state index contributed by atoms with van der Waals surface area (Å²) in [5.74, 6) is -1.78. The minimum Gasteiger partial charge on any atom is -0.493 e. The summed E-state index contributed by atoms with van der Waals surface area (Å²) in [5, 5.41) is 4.31. The fraction of sp³-hybridized carbons (Fsp3) is 0.100. The van der Waals surface area contributed by atoms with E-state index >= 15 is 0 Å². The van der Waals surface area contributed by atoms with Crippen LogP contribution in [0, 0.1) is 0 Å². The molecule has 5 rings (SSSR count). The molecule has 0 atom stereocenters. The van der Waals surface area contributed by atoms with Crippen LogP contribution in [0.15, 0.2) is 53.1 Å². The first kappa shape index (κ1) is 16.2. The average Bonchev–Trinajstić information content (AvgIpc) is 3.43. The maximum absolute atomic E-state index is 12.4. The van der Waals surface area contributed by atoms with Gasteiger partial charge < -0.3 is 14.1 Å². The van der Waals surface area contributed by atoms with Crippen molar-refractivity contribution in [2.45, 2.75) is 6.42 Å². The van der Waals surface area contributed by atoms with Crippen molar-refractivity contribution in [2.24, 2.45) is 0 Å². The van der Waals surface area contributed by atoms with Gasteiger partial charge in [0, 0.05) is 18.1 Å². The molecule has 3 heterocycles. The van der Waals surface area contributed by atoms with E-state index in [0.29, 0.717) is 17.4 Å². The van der Waals surface area contributed by atoms with E-state index in [4.69, 9.17) is 14.1 Å². The number of fused-ring (bicyclic) bond motifs is 2. The lowest BCUT2D eigenvalue weighted by atomic mass is 10.1. The second kappa shape index (κ2) is 6.05. The number of carbonyl (C=O) groups is 3. The molecule has 0 aliphatic carbocycles. The first-order valence-electron chi connectivity index (χ1n) is 8.55. The third-order valence-corrected chi connectivity index (χ3v) is 4.63. The smallest absolute Gasteiger partial charge is 0.401 e. The largest absolute Gasteiger partial charge is 0.493 e. The number of rotatable bonds is 3. The van der Waals surface area contributed by atoms with Crippen LogP contribution in [0.3, 0.4) is 0 Å². The molecule has 8 nitrogen and oxygen atoms in total. The molecule has 0 bridgehead atoms. The van der Waals surface area contributed by atoms with Crippen molar-refractivity contribution in [2.75, 3.05) is 6.61 Å². The molecule has 2 aliphatic rings. The summed E-state index contributed by atoms with van der Waals surface area (Å²) in [6, 6.07) is 13.2. The SMILES string of the molecule is O=C(ON1C(=O)c2ccccc2C1=O)c1cc(-c2ccc3c(c2)CCO3)no1. The number of benzene rings is 2. The molecule has 0 saturated carbocycles. The molecular weight excluding hydrogens is 364 g/mol. The Morgan fingerprint density at radius 2 is 1.79 bits per heavy atom. The highest BCUT2D eigenvalue weighted by molar-refractivity contribution is 6.21. The molecule has 2 amide bonds. The van der Waals surface area contributed by atoms with Crippen LogP contribution in [0.5, 0.6) is 5.75 Å². The van der Waals surface area contributed by atoms with Crippen molar-refractivity contribution in [3.8, 4) is 17.0 Å². The van der Waals surface area contributed by atoms with Gasteiger partial charge in [-0.15, -0.1) is 0 Å². The van der Waals surface area contributed by atoms with Gasteiger partial charge in [0.15, 0.2) is 0 Å². The zero-order valence-electron chi connectivity index (χ0n) is 14.4. The highest BCUT2D eigenvalue weighted by Crippen LogP contribution is 2.30. The van der Waals surface area contributed by atoms with Gasteiger partial charge >= 0.3 is 5.97 Å². The van der Waals surface area contributed by atoms with Crippen LogP contribution in [0.4, 0.5) is 0 Å². The molecule has 0 N–H and O–H groups in total. The Labute approximate surface area is 158 Å². The Bertz CT molecular complexity index is 1110. The Balaban J connectivity index is 1.36. The van der Waals surface area contributed by atoms with Crippen molar-refractivity contribution >= 4 is 17.8 Å². The van der Waals surface area contributed by atoms with Gasteiger partial charge in [-0.05, 0) is 35.9 Å². The van der Waals surface area contributed by atoms with Gasteiger partial charge in [0.05, 0.1) is 17.7 Å². The number of ether oxygens (including phenoxy) is 1. The molecule has 0 spiro atoms. The van der Waals surface area contributed by atoms with Crippen molar-refractivity contribution in [1.82, 2.24) is 10.2 Å². The fourth-order valence-electron chi connectivity index (χ4n) is 3.23. The molecule has 138 valence electrons. The molecule has 3 aromatic rings. The molecule has 8 heteroatoms. The minimum absolute atomic E-state index is 0.180. The van der Waals surface area contributed by atoms with E-state index in [1.165, 1.54) is 18.2 Å². The van der Waals surface area contributed by atoms with E-state index < -0.39 is 17.8 Å². The summed E-state index contributed by atoms with van der Waals surface area (Å²) in [6.07, 6.45) is 0.801. The molecule has 0 unspecified atom stereocenters. The molecule has 0 radical (unpaired) electrons. The highest BCUT2D eigenvalue weighted by atomic mass is 16.7. The van der Waals surface area contributed by atoms with E-state index in [1.807, 2.05) is 12.1 Å². The summed E-state index contributed by atoms with van der Waals surface area (Å²) in [5.41, 5.74) is 2.60. The van der Waals surface area contributed by atoms with Gasteiger partial charge in [-0.1, -0.05) is 22.4 Å². The van der Waals surface area contributed by atoms with Gasteiger partial charge in [0.1, 0.15) is 11.4 Å². The molecule has 28 heavy (non-hydrogen) atoms. The molecular formula is C20H12N2O6.